The van der Waals surface area contributed by atoms with Gasteiger partial charge >= 0.3 is 0 Å². The van der Waals surface area contributed by atoms with Gasteiger partial charge in [0.1, 0.15) is 5.82 Å². The Morgan fingerprint density at radius 1 is 1.15 bits per heavy atom. The van der Waals surface area contributed by atoms with E-state index in [-0.39, 0.29) is 5.82 Å². The molecule has 0 amide bonds. The zero-order valence-corrected chi connectivity index (χ0v) is 12.6. The first-order valence-corrected chi connectivity index (χ1v) is 7.46. The van der Waals surface area contributed by atoms with Gasteiger partial charge in [-0.15, -0.1) is 0 Å². The van der Waals surface area contributed by atoms with E-state index in [1.54, 1.807) is 36.4 Å². The summed E-state index contributed by atoms with van der Waals surface area (Å²) < 4.78 is 13.6. The summed E-state index contributed by atoms with van der Waals surface area (Å²) in [5.74, 6) is -0.0154. The van der Waals surface area contributed by atoms with Crippen LogP contribution >= 0.6 is 35.0 Å². The molecule has 0 aliphatic rings. The molecule has 0 spiro atoms. The Morgan fingerprint density at radius 3 is 2.50 bits per heavy atom. The van der Waals surface area contributed by atoms with Crippen LogP contribution in [0.1, 0.15) is 5.56 Å². The molecule has 2 nitrogen and oxygen atoms in total. The Kier molecular flexibility index (Phi) is 5.29. The number of thioether (sulfide) groups is 1. The highest BCUT2D eigenvalue weighted by atomic mass is 35.5. The van der Waals surface area contributed by atoms with Crippen LogP contribution in [0.4, 0.5) is 10.1 Å². The molecular weight excluding hydrogens is 318 g/mol. The van der Waals surface area contributed by atoms with E-state index in [1.807, 2.05) is 0 Å². The van der Waals surface area contributed by atoms with Crippen molar-refractivity contribution in [2.24, 2.45) is 10.7 Å². The first-order chi connectivity index (χ1) is 9.56. The van der Waals surface area contributed by atoms with E-state index in [1.165, 1.54) is 17.8 Å². The van der Waals surface area contributed by atoms with Crippen molar-refractivity contribution in [3.63, 3.8) is 0 Å². The maximum absolute atomic E-state index is 13.6. The number of nitrogens with two attached hydrogens (primary N) is 1. The minimum Gasteiger partial charge on any atom is -0.378 e. The van der Waals surface area contributed by atoms with Crippen LogP contribution in [0.2, 0.25) is 10.0 Å². The van der Waals surface area contributed by atoms with E-state index in [0.29, 0.717) is 32.2 Å². The number of rotatable bonds is 3. The Labute approximate surface area is 130 Å². The average Bonchev–Trinajstić information content (AvgIpc) is 2.41. The zero-order chi connectivity index (χ0) is 14.5. The lowest BCUT2D eigenvalue weighted by molar-refractivity contribution is 0.617. The first kappa shape index (κ1) is 15.2. The van der Waals surface area contributed by atoms with E-state index < -0.39 is 0 Å². The van der Waals surface area contributed by atoms with Crippen molar-refractivity contribution in [3.8, 4) is 0 Å². The molecule has 6 heteroatoms. The van der Waals surface area contributed by atoms with Gasteiger partial charge in [0, 0.05) is 21.4 Å². The van der Waals surface area contributed by atoms with Gasteiger partial charge in [0.2, 0.25) is 0 Å². The van der Waals surface area contributed by atoms with Crippen LogP contribution in [0.25, 0.3) is 0 Å². The van der Waals surface area contributed by atoms with Gasteiger partial charge in [-0.1, -0.05) is 41.0 Å². The molecule has 0 atom stereocenters. The minimum absolute atomic E-state index is 0.328. The first-order valence-electron chi connectivity index (χ1n) is 5.71. The lowest BCUT2D eigenvalue weighted by Gasteiger charge is -2.05. The highest BCUT2D eigenvalue weighted by molar-refractivity contribution is 8.13. The quantitative estimate of drug-likeness (QED) is 0.635. The van der Waals surface area contributed by atoms with Gasteiger partial charge in [-0.05, 0) is 36.4 Å². The summed E-state index contributed by atoms with van der Waals surface area (Å²) >= 11 is 13.0. The Balaban J connectivity index is 2.05. The number of aliphatic imine (C=N–C) groups is 1. The fourth-order valence-electron chi connectivity index (χ4n) is 1.49. The summed E-state index contributed by atoms with van der Waals surface area (Å²) in [6.07, 6.45) is 0. The van der Waals surface area contributed by atoms with Crippen LogP contribution in [0.15, 0.2) is 47.5 Å². The second-order valence-electron chi connectivity index (χ2n) is 3.92. The smallest absolute Gasteiger partial charge is 0.159 e. The van der Waals surface area contributed by atoms with Gasteiger partial charge in [-0.2, -0.15) is 0 Å². The van der Waals surface area contributed by atoms with E-state index in [2.05, 4.69) is 4.99 Å². The van der Waals surface area contributed by atoms with Crippen LogP contribution in [-0.4, -0.2) is 5.17 Å². The molecule has 0 bridgehead atoms. The molecule has 0 radical (unpaired) electrons. The molecule has 0 saturated carbocycles. The van der Waals surface area contributed by atoms with E-state index >= 15 is 0 Å². The third-order valence-electron chi connectivity index (χ3n) is 2.49. The lowest BCUT2D eigenvalue weighted by atomic mass is 10.2. The Hall–Kier alpha value is -1.23. The Morgan fingerprint density at radius 2 is 1.85 bits per heavy atom. The van der Waals surface area contributed by atoms with Crippen molar-refractivity contribution in [3.05, 3.63) is 63.9 Å². The largest absolute Gasteiger partial charge is 0.378 e. The van der Waals surface area contributed by atoms with Gasteiger partial charge in [0.05, 0.1) is 5.69 Å². The number of nitrogens with zero attached hydrogens (tertiary/aromatic N) is 1. The van der Waals surface area contributed by atoms with Crippen LogP contribution < -0.4 is 5.73 Å². The van der Waals surface area contributed by atoms with Crippen molar-refractivity contribution >= 4 is 45.8 Å². The molecule has 0 unspecified atom stereocenters. The second-order valence-corrected chi connectivity index (χ2v) is 5.75. The zero-order valence-electron chi connectivity index (χ0n) is 10.3. The predicted octanol–water partition coefficient (Wildman–Crippen LogP) is 5.01. The van der Waals surface area contributed by atoms with Crippen molar-refractivity contribution in [2.75, 3.05) is 0 Å². The summed E-state index contributed by atoms with van der Waals surface area (Å²) in [6.45, 7) is 0. The SMILES string of the molecule is NC(=Nc1ccc(Cl)cc1)SCc1c(F)cccc1Cl. The van der Waals surface area contributed by atoms with Gasteiger partial charge in [0.15, 0.2) is 5.17 Å². The highest BCUT2D eigenvalue weighted by Crippen LogP contribution is 2.25. The molecule has 0 aliphatic carbocycles. The van der Waals surface area contributed by atoms with Crippen LogP contribution in [0, 0.1) is 5.82 Å². The third kappa shape index (κ3) is 4.13. The number of benzene rings is 2. The molecule has 20 heavy (non-hydrogen) atoms. The minimum atomic E-state index is -0.343. The fraction of sp³-hybridized carbons (Fsp3) is 0.0714. The summed E-state index contributed by atoms with van der Waals surface area (Å²) in [4.78, 5) is 4.21. The number of hydrogen-bond acceptors (Lipinski definition) is 2. The molecule has 0 saturated heterocycles. The molecule has 104 valence electrons. The van der Waals surface area contributed by atoms with Crippen molar-refractivity contribution in [1.29, 1.82) is 0 Å². The normalized spacial score (nSPS) is 11.7. The summed E-state index contributed by atoms with van der Waals surface area (Å²) in [7, 11) is 0. The summed E-state index contributed by atoms with van der Waals surface area (Å²) in [5.41, 5.74) is 6.92. The summed E-state index contributed by atoms with van der Waals surface area (Å²) in [6, 6.07) is 11.5. The number of amidine groups is 1. The molecule has 0 fully saturated rings. The highest BCUT2D eigenvalue weighted by Gasteiger charge is 2.07. The predicted molar refractivity (Wildman–Crippen MR) is 85.4 cm³/mol. The van der Waals surface area contributed by atoms with Crippen LogP contribution in [-0.2, 0) is 5.75 Å². The van der Waals surface area contributed by atoms with E-state index in [0.717, 1.165) is 0 Å². The topological polar surface area (TPSA) is 38.4 Å². The monoisotopic (exact) mass is 328 g/mol. The lowest BCUT2D eigenvalue weighted by Crippen LogP contribution is -2.06. The standard InChI is InChI=1S/C14H11Cl2FN2S/c15-9-4-6-10(7-5-9)19-14(18)20-8-11-12(16)2-1-3-13(11)17/h1-7H,8H2,(H2,18,19). The van der Waals surface area contributed by atoms with Gasteiger partial charge in [0.25, 0.3) is 0 Å². The average molecular weight is 329 g/mol. The summed E-state index contributed by atoms with van der Waals surface area (Å²) in [5, 5.41) is 1.36. The van der Waals surface area contributed by atoms with Gasteiger partial charge in [-0.3, -0.25) is 0 Å². The van der Waals surface area contributed by atoms with Crippen molar-refractivity contribution in [1.82, 2.24) is 0 Å². The molecule has 2 N–H and O–H groups in total. The molecule has 2 aromatic carbocycles. The van der Waals surface area contributed by atoms with E-state index in [4.69, 9.17) is 28.9 Å². The van der Waals surface area contributed by atoms with Gasteiger partial charge < -0.3 is 5.73 Å². The van der Waals surface area contributed by atoms with Crippen LogP contribution in [0.5, 0.6) is 0 Å². The molecule has 0 aliphatic heterocycles. The molecule has 2 rings (SSSR count). The second kappa shape index (κ2) is 6.97. The number of halogens is 3. The van der Waals surface area contributed by atoms with Gasteiger partial charge in [-0.25, -0.2) is 9.38 Å². The maximum atomic E-state index is 13.6. The molecule has 0 heterocycles. The van der Waals surface area contributed by atoms with Crippen LogP contribution in [0.3, 0.4) is 0 Å². The van der Waals surface area contributed by atoms with Crippen molar-refractivity contribution in [2.45, 2.75) is 5.75 Å². The number of hydrogen-bond donors (Lipinski definition) is 1. The molecule has 0 aromatic heterocycles. The third-order valence-corrected chi connectivity index (χ3v) is 3.92. The Bertz CT molecular complexity index is 609. The van der Waals surface area contributed by atoms with Crippen molar-refractivity contribution < 1.29 is 4.39 Å². The fourth-order valence-corrected chi connectivity index (χ4v) is 2.68. The molecule has 2 aromatic rings. The maximum Gasteiger partial charge on any atom is 0.159 e. The van der Waals surface area contributed by atoms with E-state index in [9.17, 15) is 4.39 Å². The molecular formula is C14H11Cl2FN2S.